The smallest absolute Gasteiger partial charge is 0.162 e. The van der Waals surface area contributed by atoms with Gasteiger partial charge in [-0.1, -0.05) is 48.5 Å². The van der Waals surface area contributed by atoms with Crippen molar-refractivity contribution in [2.45, 2.75) is 17.4 Å². The van der Waals surface area contributed by atoms with E-state index in [1.807, 2.05) is 24.3 Å². The van der Waals surface area contributed by atoms with Crippen molar-refractivity contribution in [3.63, 3.8) is 0 Å². The number of benzene rings is 4. The van der Waals surface area contributed by atoms with Gasteiger partial charge in [-0.25, -0.2) is 19.9 Å². The van der Waals surface area contributed by atoms with E-state index in [-0.39, 0.29) is 0 Å². The fourth-order valence-electron chi connectivity index (χ4n) is 3.69. The van der Waals surface area contributed by atoms with Crippen LogP contribution < -0.4 is 0 Å². The molecule has 0 saturated carbocycles. The van der Waals surface area contributed by atoms with Crippen LogP contribution in [-0.2, 0) is 0 Å². The Kier molecular flexibility index (Phi) is 10.9. The second kappa shape index (κ2) is 15.0. The lowest BCUT2D eigenvalue weighted by Gasteiger charge is -1.90. The zero-order valence-electron chi connectivity index (χ0n) is 21.2. The monoisotopic (exact) mass is 730 g/mol. The molecule has 4 aromatic carbocycles. The first-order valence-electron chi connectivity index (χ1n) is 12.1. The zero-order valence-corrected chi connectivity index (χ0v) is 29.5. The van der Waals surface area contributed by atoms with Crippen LogP contribution in [0.5, 0.6) is 0 Å². The van der Waals surface area contributed by atoms with Crippen molar-refractivity contribution >= 4 is 153 Å². The summed E-state index contributed by atoms with van der Waals surface area (Å²) in [4.78, 5) is 18.5. The predicted octanol–water partition coefficient (Wildman–Crippen LogP) is 12.2. The maximum absolute atomic E-state index is 4.62. The van der Waals surface area contributed by atoms with E-state index in [1.54, 1.807) is 88.5 Å². The number of aromatic nitrogens is 4. The van der Waals surface area contributed by atoms with E-state index in [4.69, 9.17) is 0 Å². The second-order valence-corrected chi connectivity index (χ2v) is 17.5. The molecule has 0 aliphatic heterocycles. The van der Waals surface area contributed by atoms with Gasteiger partial charge in [0.15, 0.2) is 17.4 Å². The minimum atomic E-state index is 1.07. The molecule has 0 aliphatic carbocycles. The molecule has 0 spiro atoms. The number of hydrogen-bond donors (Lipinski definition) is 2. The first-order valence-corrected chi connectivity index (χ1v) is 21.2. The van der Waals surface area contributed by atoms with E-state index < -0.39 is 0 Å². The molecule has 0 bridgehead atoms. The Bertz CT molecular complexity index is 1630. The van der Waals surface area contributed by atoms with Crippen LogP contribution in [0.4, 0.5) is 0 Å². The van der Waals surface area contributed by atoms with Gasteiger partial charge in [-0.3, -0.25) is 0 Å². The maximum Gasteiger partial charge on any atom is 0.162 e. The van der Waals surface area contributed by atoms with Gasteiger partial charge >= 0.3 is 0 Å². The van der Waals surface area contributed by atoms with Gasteiger partial charge in [0, 0.05) is 0 Å². The average molecular weight is 731 g/mol. The fourth-order valence-corrected chi connectivity index (χ4v) is 12.7. The molecule has 0 atom stereocenters. The van der Waals surface area contributed by atoms with E-state index >= 15 is 0 Å². The normalized spacial score (nSPS) is 11.0. The molecular weight excluding hydrogens is 713 g/mol. The third kappa shape index (κ3) is 7.60. The van der Waals surface area contributed by atoms with Gasteiger partial charge in [-0.05, 0) is 91.7 Å². The molecule has 0 aliphatic rings. The summed E-state index contributed by atoms with van der Waals surface area (Å²) in [6.07, 6.45) is 0. The lowest BCUT2D eigenvalue weighted by atomic mass is 10.3. The van der Waals surface area contributed by atoms with Crippen LogP contribution >= 0.6 is 112 Å². The van der Waals surface area contributed by atoms with Crippen LogP contribution in [0.1, 0.15) is 0 Å². The third-order valence-corrected chi connectivity index (χ3v) is 15.6. The van der Waals surface area contributed by atoms with Crippen LogP contribution in [-0.4, -0.2) is 19.9 Å². The van der Waals surface area contributed by atoms with Crippen molar-refractivity contribution in [3.05, 3.63) is 97.1 Å². The molecule has 42 heavy (non-hydrogen) atoms. The Morgan fingerprint density at radius 2 is 0.571 bits per heavy atom. The molecule has 0 amide bonds. The van der Waals surface area contributed by atoms with Gasteiger partial charge < -0.3 is 0 Å². The van der Waals surface area contributed by atoms with E-state index in [0.29, 0.717) is 0 Å². The Balaban J connectivity index is 0.000000142. The summed E-state index contributed by atoms with van der Waals surface area (Å²) in [5.74, 6) is 0. The van der Waals surface area contributed by atoms with Gasteiger partial charge in [-0.15, -0.1) is 68.7 Å². The highest BCUT2D eigenvalue weighted by Gasteiger charge is 2.10. The van der Waals surface area contributed by atoms with Crippen molar-refractivity contribution in [2.24, 2.45) is 0 Å². The molecule has 8 rings (SSSR count). The number of thiazole rings is 4. The molecule has 8 aromatic rings. The first kappa shape index (κ1) is 30.6. The minimum absolute atomic E-state index is 1.07. The third-order valence-electron chi connectivity index (χ3n) is 5.47. The highest BCUT2D eigenvalue weighted by atomic mass is 33.1. The van der Waals surface area contributed by atoms with Crippen LogP contribution in [0.3, 0.4) is 0 Å². The summed E-state index contributed by atoms with van der Waals surface area (Å²) in [6.45, 7) is 0. The van der Waals surface area contributed by atoms with E-state index in [1.165, 1.54) is 18.8 Å². The molecule has 4 aromatic heterocycles. The molecule has 4 nitrogen and oxygen atoms in total. The quantitative estimate of drug-likeness (QED) is 0.130. The largest absolute Gasteiger partial charge is 0.229 e. The highest BCUT2D eigenvalue weighted by Crippen LogP contribution is 2.44. The van der Waals surface area contributed by atoms with Gasteiger partial charge in [0.05, 0.1) is 40.9 Å². The standard InChI is InChI=1S/2C14H8N2S4.H2S2/c2*1-3-7-11-9(5-1)15-13(17-11)19-20-14-16-10-6-2-4-8-12(10)18-14;1-2/h2*1-8H;1-2H. The van der Waals surface area contributed by atoms with Crippen LogP contribution in [0.15, 0.2) is 114 Å². The van der Waals surface area contributed by atoms with Crippen molar-refractivity contribution in [2.75, 3.05) is 0 Å². The SMILES string of the molecule is SS.c1ccc2sc(SSc3nc4ccccc4s3)nc2c1.c1ccc2sc(SSc3nc4ccccc4s3)nc2c1. The lowest BCUT2D eigenvalue weighted by Crippen LogP contribution is -1.67. The predicted molar refractivity (Wildman–Crippen MR) is 200 cm³/mol. The molecule has 0 unspecified atom stereocenters. The van der Waals surface area contributed by atoms with Crippen molar-refractivity contribution < 1.29 is 0 Å². The topological polar surface area (TPSA) is 51.6 Å². The number of nitrogens with zero attached hydrogens (tertiary/aromatic N) is 4. The number of thiol groups is 2. The van der Waals surface area contributed by atoms with Gasteiger partial charge in [0.1, 0.15) is 0 Å². The van der Waals surface area contributed by atoms with Gasteiger partial charge in [0.2, 0.25) is 0 Å². The molecule has 4 heterocycles. The highest BCUT2D eigenvalue weighted by molar-refractivity contribution is 8.77. The van der Waals surface area contributed by atoms with E-state index in [9.17, 15) is 0 Å². The van der Waals surface area contributed by atoms with Crippen molar-refractivity contribution in [3.8, 4) is 0 Å². The molecule has 0 fully saturated rings. The lowest BCUT2D eigenvalue weighted by molar-refractivity contribution is 1.31. The molecule has 0 N–H and O–H groups in total. The molecule has 0 radical (unpaired) electrons. The average Bonchev–Trinajstić information content (AvgIpc) is 3.83. The van der Waals surface area contributed by atoms with Gasteiger partial charge in [-0.2, -0.15) is 0 Å². The van der Waals surface area contributed by atoms with Gasteiger partial charge in [0.25, 0.3) is 0 Å². The summed E-state index contributed by atoms with van der Waals surface area (Å²) in [7, 11) is 6.75. The molecule has 210 valence electrons. The second-order valence-electron chi connectivity index (χ2n) is 8.12. The summed E-state index contributed by atoms with van der Waals surface area (Å²) < 4.78 is 9.26. The van der Waals surface area contributed by atoms with Crippen LogP contribution in [0.25, 0.3) is 40.9 Å². The van der Waals surface area contributed by atoms with Crippen molar-refractivity contribution in [1.82, 2.24) is 19.9 Å². The van der Waals surface area contributed by atoms with E-state index in [0.717, 1.165) is 39.4 Å². The summed E-state index contributed by atoms with van der Waals surface area (Å²) in [5.41, 5.74) is 4.30. The summed E-state index contributed by atoms with van der Waals surface area (Å²) in [6, 6.07) is 33.0. The van der Waals surface area contributed by atoms with Crippen LogP contribution in [0.2, 0.25) is 0 Å². The molecule has 14 heteroatoms. The summed E-state index contributed by atoms with van der Waals surface area (Å²) >= 11 is 13.4. The van der Waals surface area contributed by atoms with E-state index in [2.05, 4.69) is 116 Å². The van der Waals surface area contributed by atoms with Crippen molar-refractivity contribution in [1.29, 1.82) is 0 Å². The first-order chi connectivity index (χ1) is 20.8. The Morgan fingerprint density at radius 1 is 0.357 bits per heavy atom. The number of para-hydroxylation sites is 4. The Hall–Kier alpha value is -1.46. The number of fused-ring (bicyclic) bond motifs is 4. The zero-order chi connectivity index (χ0) is 28.7. The number of rotatable bonds is 6. The number of hydrogen-bond acceptors (Lipinski definition) is 14. The maximum atomic E-state index is 4.62. The fraction of sp³-hybridized carbons (Fsp3) is 0. The molecule has 0 saturated heterocycles. The minimum Gasteiger partial charge on any atom is -0.229 e. The Labute approximate surface area is 284 Å². The summed E-state index contributed by atoms with van der Waals surface area (Å²) in [5, 5.41) is 0. The molecular formula is C28H18N4S10. The van der Waals surface area contributed by atoms with Crippen LogP contribution in [0, 0.1) is 0 Å². The Morgan fingerprint density at radius 3 is 0.786 bits per heavy atom.